The van der Waals surface area contributed by atoms with Crippen molar-refractivity contribution in [2.45, 2.75) is 5.60 Å². The van der Waals surface area contributed by atoms with E-state index >= 15 is 0 Å². The van der Waals surface area contributed by atoms with Gasteiger partial charge in [-0.1, -0.05) is 35.7 Å². The van der Waals surface area contributed by atoms with E-state index in [9.17, 15) is 9.90 Å². The number of nitrogens with zero attached hydrogens (tertiary/aromatic N) is 3. The number of aromatic nitrogens is 3. The monoisotopic (exact) mass is 643 g/mol. The van der Waals surface area contributed by atoms with Crippen LogP contribution < -0.4 is 5.56 Å². The third-order valence-electron chi connectivity index (χ3n) is 6.19. The number of aryl methyl sites for hydroxylation is 2. The third kappa shape index (κ3) is 4.40. The molecule has 0 aliphatic carbocycles. The second kappa shape index (κ2) is 10.1. The van der Waals surface area contributed by atoms with Crippen LogP contribution in [0.15, 0.2) is 78.0 Å². The van der Waals surface area contributed by atoms with Gasteiger partial charge in [0.15, 0.2) is 5.60 Å². The van der Waals surface area contributed by atoms with Crippen LogP contribution in [0.2, 0.25) is 4.34 Å². The first kappa shape index (κ1) is 25.1. The van der Waals surface area contributed by atoms with Gasteiger partial charge in [0.1, 0.15) is 0 Å². The van der Waals surface area contributed by atoms with E-state index in [-0.39, 0.29) is 5.56 Å². The van der Waals surface area contributed by atoms with Crippen LogP contribution in [0.25, 0.3) is 22.0 Å². The normalized spacial score (nSPS) is 12.8. The highest BCUT2D eigenvalue weighted by molar-refractivity contribution is 14.2. The fraction of sp³-hybridized carbons (Fsp3) is 0.111. The topological polar surface area (TPSA) is 60.0 Å². The molecule has 2 aromatic carbocycles. The summed E-state index contributed by atoms with van der Waals surface area (Å²) in [6, 6.07) is 18.8. The molecule has 3 heterocycles. The number of imidazole rings is 1. The van der Waals surface area contributed by atoms with Crippen molar-refractivity contribution in [1.29, 1.82) is 0 Å². The van der Waals surface area contributed by atoms with E-state index in [0.717, 1.165) is 27.6 Å². The molecule has 0 aliphatic heterocycles. The van der Waals surface area contributed by atoms with E-state index in [1.165, 1.54) is 20.3 Å². The summed E-state index contributed by atoms with van der Waals surface area (Å²) in [5.41, 5.74) is 2.93. The largest absolute Gasteiger partial charge is 0.374 e. The van der Waals surface area contributed by atoms with Crippen molar-refractivity contribution in [2.75, 3.05) is 0 Å². The Hall–Kier alpha value is -2.55. The van der Waals surface area contributed by atoms with Gasteiger partial charge in [0.05, 0.1) is 28.1 Å². The van der Waals surface area contributed by atoms with Crippen LogP contribution in [-0.4, -0.2) is 19.2 Å². The van der Waals surface area contributed by atoms with Crippen LogP contribution in [-0.2, 0) is 19.7 Å². The standard InChI is InChI=1S/C27H19ClIN3O2S2/c1-31-16-30-15-23(31)27(34,24-8-9-25(28)36-24)19-6-7-22-21(13-19)20(14-26(33)32(22)2)18-5-3-4-17(12-18)10-11-35-29/h3-9,12-16,34H,1-2H3. The lowest BCUT2D eigenvalue weighted by Gasteiger charge is -2.28. The Morgan fingerprint density at radius 3 is 2.67 bits per heavy atom. The molecule has 5 nitrogen and oxygen atoms in total. The van der Waals surface area contributed by atoms with Gasteiger partial charge in [-0.3, -0.25) is 4.79 Å². The molecule has 36 heavy (non-hydrogen) atoms. The maximum Gasteiger partial charge on any atom is 0.251 e. The van der Waals surface area contributed by atoms with Gasteiger partial charge in [-0.25, -0.2) is 4.98 Å². The molecular formula is C27H19ClIN3O2S2. The molecule has 0 amide bonds. The summed E-state index contributed by atoms with van der Waals surface area (Å²) < 4.78 is 3.99. The average molecular weight is 644 g/mol. The fourth-order valence-electron chi connectivity index (χ4n) is 4.40. The van der Waals surface area contributed by atoms with Crippen LogP contribution in [0.1, 0.15) is 21.7 Å². The number of hydrogen-bond donors (Lipinski definition) is 1. The molecule has 3 aromatic heterocycles. The van der Waals surface area contributed by atoms with Crippen LogP contribution in [0, 0.1) is 11.2 Å². The molecule has 0 spiro atoms. The van der Waals surface area contributed by atoms with E-state index in [1.807, 2.05) is 55.6 Å². The van der Waals surface area contributed by atoms with Crippen molar-refractivity contribution in [3.05, 3.63) is 110 Å². The first-order valence-corrected chi connectivity index (χ1v) is 15.4. The first-order valence-electron chi connectivity index (χ1n) is 10.8. The SMILES string of the molecule is Cn1cncc1C(O)(c1ccc2c(c1)c(-c1cccc(C#CSI)c1)cc(=O)n2C)c1ccc(Cl)s1. The third-order valence-corrected chi connectivity index (χ3v) is 8.37. The number of rotatable bonds is 4. The molecule has 0 bridgehead atoms. The minimum atomic E-state index is -1.49. The van der Waals surface area contributed by atoms with Crippen molar-refractivity contribution >= 4 is 64.0 Å². The highest BCUT2D eigenvalue weighted by Gasteiger charge is 2.38. The zero-order chi connectivity index (χ0) is 25.4. The fourth-order valence-corrected chi connectivity index (χ4v) is 6.05. The van der Waals surface area contributed by atoms with Crippen molar-refractivity contribution in [3.63, 3.8) is 0 Å². The lowest BCUT2D eigenvalue weighted by molar-refractivity contribution is 0.121. The summed E-state index contributed by atoms with van der Waals surface area (Å²) in [5, 5.41) is 16.1. The Balaban J connectivity index is 1.80. The minimum absolute atomic E-state index is 0.114. The van der Waals surface area contributed by atoms with Crippen LogP contribution in [0.5, 0.6) is 0 Å². The van der Waals surface area contributed by atoms with Gasteiger partial charge >= 0.3 is 0 Å². The van der Waals surface area contributed by atoms with Gasteiger partial charge < -0.3 is 14.2 Å². The summed E-state index contributed by atoms with van der Waals surface area (Å²) in [7, 11) is 5.02. The van der Waals surface area contributed by atoms with E-state index in [1.54, 1.807) is 40.8 Å². The number of pyridine rings is 1. The zero-order valence-corrected chi connectivity index (χ0v) is 23.7. The van der Waals surface area contributed by atoms with Crippen molar-refractivity contribution < 1.29 is 5.11 Å². The smallest absolute Gasteiger partial charge is 0.251 e. The van der Waals surface area contributed by atoms with E-state index < -0.39 is 5.60 Å². The van der Waals surface area contributed by atoms with Gasteiger partial charge in [-0.15, -0.1) is 11.3 Å². The second-order valence-corrected chi connectivity index (χ2v) is 11.7. The lowest BCUT2D eigenvalue weighted by atomic mass is 9.87. The number of hydrogen-bond acceptors (Lipinski definition) is 5. The lowest BCUT2D eigenvalue weighted by Crippen LogP contribution is -2.30. The maximum absolute atomic E-state index is 12.9. The van der Waals surface area contributed by atoms with Crippen LogP contribution in [0.3, 0.4) is 0 Å². The minimum Gasteiger partial charge on any atom is -0.374 e. The second-order valence-electron chi connectivity index (χ2n) is 8.28. The molecule has 5 rings (SSSR count). The van der Waals surface area contributed by atoms with Gasteiger partial charge in [0.25, 0.3) is 5.56 Å². The Morgan fingerprint density at radius 2 is 1.97 bits per heavy atom. The first-order chi connectivity index (χ1) is 17.3. The molecule has 5 aromatic rings. The molecule has 1 unspecified atom stereocenters. The molecule has 1 atom stereocenters. The van der Waals surface area contributed by atoms with Crippen LogP contribution >= 0.6 is 53.1 Å². The summed E-state index contributed by atoms with van der Waals surface area (Å²) >= 11 is 9.74. The molecule has 180 valence electrons. The predicted octanol–water partition coefficient (Wildman–Crippen LogP) is 6.33. The van der Waals surface area contributed by atoms with E-state index in [4.69, 9.17) is 11.6 Å². The molecule has 9 heteroatoms. The quantitative estimate of drug-likeness (QED) is 0.184. The molecule has 0 fully saturated rings. The highest BCUT2D eigenvalue weighted by atomic mass is 127. The van der Waals surface area contributed by atoms with Crippen molar-refractivity contribution in [3.8, 4) is 22.3 Å². The molecule has 0 saturated carbocycles. The Labute approximate surface area is 233 Å². The Kier molecular flexibility index (Phi) is 7.03. The summed E-state index contributed by atoms with van der Waals surface area (Å²) in [6.07, 6.45) is 3.32. The van der Waals surface area contributed by atoms with Gasteiger partial charge in [0.2, 0.25) is 0 Å². The Morgan fingerprint density at radius 1 is 1.14 bits per heavy atom. The highest BCUT2D eigenvalue weighted by Crippen LogP contribution is 2.42. The summed E-state index contributed by atoms with van der Waals surface area (Å²) in [5.74, 6) is 3.12. The summed E-state index contributed by atoms with van der Waals surface area (Å²) in [6.45, 7) is 0. The number of thiophene rings is 1. The van der Waals surface area contributed by atoms with Crippen molar-refractivity contribution in [2.24, 2.45) is 14.1 Å². The number of halogens is 2. The zero-order valence-electron chi connectivity index (χ0n) is 19.2. The van der Waals surface area contributed by atoms with Crippen LogP contribution in [0.4, 0.5) is 0 Å². The predicted molar refractivity (Wildman–Crippen MR) is 158 cm³/mol. The van der Waals surface area contributed by atoms with Gasteiger partial charge in [-0.05, 0) is 67.3 Å². The van der Waals surface area contributed by atoms with Gasteiger partial charge in [0, 0.05) is 57.2 Å². The van der Waals surface area contributed by atoms with E-state index in [2.05, 4.69) is 37.4 Å². The summed E-state index contributed by atoms with van der Waals surface area (Å²) in [4.78, 5) is 17.8. The average Bonchev–Trinajstić information content (AvgIpc) is 3.53. The molecule has 1 N–H and O–H groups in total. The van der Waals surface area contributed by atoms with Gasteiger partial charge in [-0.2, -0.15) is 0 Å². The van der Waals surface area contributed by atoms with E-state index in [0.29, 0.717) is 20.5 Å². The molecule has 0 saturated heterocycles. The molecule has 0 aliphatic rings. The molecule has 0 radical (unpaired) electrons. The molecular weight excluding hydrogens is 625 g/mol. The maximum atomic E-state index is 12.9. The number of fused-ring (bicyclic) bond motifs is 1. The van der Waals surface area contributed by atoms with Crippen molar-refractivity contribution in [1.82, 2.24) is 14.1 Å². The number of aliphatic hydroxyl groups is 1. The number of benzene rings is 2. The Bertz CT molecular complexity index is 1730.